The Morgan fingerprint density at radius 2 is 1.89 bits per heavy atom. The number of anilines is 2. The molecule has 3 N–H and O–H groups in total. The molecule has 11 heteroatoms. The molecule has 0 spiro atoms. The molecule has 27 heavy (non-hydrogen) atoms. The van der Waals surface area contributed by atoms with Crippen molar-refractivity contribution < 1.29 is 36.3 Å². The smallest absolute Gasteiger partial charge is 0.411 e. The van der Waals surface area contributed by atoms with Crippen molar-refractivity contribution >= 4 is 46.6 Å². The van der Waals surface area contributed by atoms with Crippen molar-refractivity contribution in [3.8, 4) is 5.75 Å². The molecule has 0 aliphatic carbocycles. The van der Waals surface area contributed by atoms with E-state index in [4.69, 9.17) is 23.2 Å². The van der Waals surface area contributed by atoms with Gasteiger partial charge in [0.25, 0.3) is 5.91 Å². The number of hydrogen-bond acceptors (Lipinski definition) is 5. The molecule has 2 amide bonds. The number of methoxy groups -OCH3 is 1. The van der Waals surface area contributed by atoms with Crippen LogP contribution in [0.15, 0.2) is 6.07 Å². The summed E-state index contributed by atoms with van der Waals surface area (Å²) in [6, 6.07) is 1.33. The molecule has 1 heterocycles. The molecule has 0 unspecified atom stereocenters. The number of nitrogens with zero attached hydrogens (tertiary/aromatic N) is 2. The van der Waals surface area contributed by atoms with Gasteiger partial charge in [0.2, 0.25) is 0 Å². The van der Waals surface area contributed by atoms with Crippen LogP contribution in [-0.4, -0.2) is 80.4 Å². The summed E-state index contributed by atoms with van der Waals surface area (Å²) in [5, 5.41) is 15.1. The normalized spacial score (nSPS) is 16.2. The van der Waals surface area contributed by atoms with Crippen molar-refractivity contribution in [1.82, 2.24) is 4.90 Å². The predicted molar refractivity (Wildman–Crippen MR) is 101 cm³/mol. The number of likely N-dealkylation sites (N-methyl/N-ethyl adjacent to an activating group) is 2. The Kier molecular flexibility index (Phi) is 8.44. The number of amides is 2. The van der Waals surface area contributed by atoms with Gasteiger partial charge < -0.3 is 32.1 Å². The standard InChI is InChI=1S/C16H22Cl2N4O4.ClH/c1-21-4-6-22(2,7-5-21)9-12(23)19-11-8-10(17)14(13(18)15(11)24)20-16(25)26-3;/h8H,4-7,9H2,1-3H3,(H2-,19,20,23,24,25);1H. The van der Waals surface area contributed by atoms with E-state index in [1.165, 1.54) is 13.2 Å². The van der Waals surface area contributed by atoms with Crippen LogP contribution in [0.4, 0.5) is 16.2 Å². The van der Waals surface area contributed by atoms with E-state index in [-0.39, 0.29) is 52.0 Å². The zero-order valence-electron chi connectivity index (χ0n) is 15.3. The van der Waals surface area contributed by atoms with E-state index in [0.29, 0.717) is 4.48 Å². The molecule has 0 atom stereocenters. The fourth-order valence-corrected chi connectivity index (χ4v) is 3.26. The zero-order chi connectivity index (χ0) is 19.5. The highest BCUT2D eigenvalue weighted by Crippen LogP contribution is 2.42. The minimum absolute atomic E-state index is 0. The highest BCUT2D eigenvalue weighted by molar-refractivity contribution is 6.41. The Labute approximate surface area is 174 Å². The van der Waals surface area contributed by atoms with Gasteiger partial charge in [0.15, 0.2) is 12.3 Å². The summed E-state index contributed by atoms with van der Waals surface area (Å²) in [4.78, 5) is 26.0. The number of ether oxygens (including phenoxy) is 1. The first-order chi connectivity index (χ1) is 12.1. The quantitative estimate of drug-likeness (QED) is 0.421. The van der Waals surface area contributed by atoms with E-state index in [0.717, 1.165) is 26.2 Å². The average Bonchev–Trinajstić information content (AvgIpc) is 2.58. The number of aromatic hydroxyl groups is 1. The number of nitrogens with one attached hydrogen (secondary N) is 2. The molecule has 0 bridgehead atoms. The van der Waals surface area contributed by atoms with Gasteiger partial charge in [0, 0.05) is 13.1 Å². The lowest BCUT2D eigenvalue weighted by Gasteiger charge is -2.40. The summed E-state index contributed by atoms with van der Waals surface area (Å²) in [5.74, 6) is -0.634. The maximum atomic E-state index is 12.4. The van der Waals surface area contributed by atoms with E-state index >= 15 is 0 Å². The maximum Gasteiger partial charge on any atom is 0.411 e. The third kappa shape index (κ3) is 6.02. The highest BCUT2D eigenvalue weighted by Gasteiger charge is 2.30. The first kappa shape index (κ1) is 23.6. The van der Waals surface area contributed by atoms with Crippen LogP contribution in [0.5, 0.6) is 5.75 Å². The monoisotopic (exact) mass is 440 g/mol. The molecular formula is C16H23Cl3N4O4. The summed E-state index contributed by atoms with van der Waals surface area (Å²) in [6.07, 6.45) is -0.780. The van der Waals surface area contributed by atoms with Gasteiger partial charge in [-0.15, -0.1) is 0 Å². The van der Waals surface area contributed by atoms with Crippen LogP contribution in [-0.2, 0) is 9.53 Å². The Morgan fingerprint density at radius 1 is 1.30 bits per heavy atom. The van der Waals surface area contributed by atoms with Gasteiger partial charge in [0.05, 0.1) is 43.6 Å². The van der Waals surface area contributed by atoms with Crippen LogP contribution in [0.2, 0.25) is 10.0 Å². The van der Waals surface area contributed by atoms with Crippen LogP contribution in [0.25, 0.3) is 0 Å². The number of piperazine rings is 1. The topological polar surface area (TPSA) is 90.9 Å². The largest absolute Gasteiger partial charge is 1.00 e. The number of carbonyl (C=O) groups is 2. The second-order valence-electron chi connectivity index (χ2n) is 6.64. The maximum absolute atomic E-state index is 12.4. The second kappa shape index (κ2) is 9.66. The summed E-state index contributed by atoms with van der Waals surface area (Å²) < 4.78 is 5.09. The lowest BCUT2D eigenvalue weighted by Crippen LogP contribution is -3.00. The van der Waals surface area contributed by atoms with Gasteiger partial charge in [0.1, 0.15) is 5.02 Å². The van der Waals surface area contributed by atoms with Gasteiger partial charge in [-0.3, -0.25) is 15.0 Å². The fourth-order valence-electron chi connectivity index (χ4n) is 2.71. The molecule has 8 nitrogen and oxygen atoms in total. The van der Waals surface area contributed by atoms with Crippen molar-refractivity contribution in [2.75, 3.05) is 64.6 Å². The van der Waals surface area contributed by atoms with Crippen molar-refractivity contribution in [2.45, 2.75) is 0 Å². The lowest BCUT2D eigenvalue weighted by atomic mass is 10.2. The number of phenols is 1. The molecular weight excluding hydrogens is 419 g/mol. The minimum atomic E-state index is -0.780. The van der Waals surface area contributed by atoms with Gasteiger partial charge in [-0.25, -0.2) is 4.79 Å². The van der Waals surface area contributed by atoms with Gasteiger partial charge >= 0.3 is 6.09 Å². The molecule has 1 saturated heterocycles. The molecule has 1 aliphatic heterocycles. The number of benzene rings is 1. The number of phenolic OH excluding ortho intramolecular Hbond substituents is 1. The van der Waals surface area contributed by atoms with Crippen molar-refractivity contribution in [2.24, 2.45) is 0 Å². The molecule has 0 aromatic heterocycles. The molecule has 1 fully saturated rings. The SMILES string of the molecule is COC(=O)Nc1c(Cl)cc(NC(=O)C[N+]2(C)CCN(C)CC2)c(O)c1Cl.[Cl-]. The third-order valence-corrected chi connectivity index (χ3v) is 5.11. The van der Waals surface area contributed by atoms with Crippen LogP contribution >= 0.6 is 23.2 Å². The van der Waals surface area contributed by atoms with Gasteiger partial charge in [-0.2, -0.15) is 0 Å². The number of carbonyl (C=O) groups excluding carboxylic acids is 2. The minimum Gasteiger partial charge on any atom is -1.00 e. The van der Waals surface area contributed by atoms with E-state index in [2.05, 4.69) is 27.3 Å². The van der Waals surface area contributed by atoms with Crippen molar-refractivity contribution in [3.63, 3.8) is 0 Å². The molecule has 0 saturated carbocycles. The molecule has 1 aromatic carbocycles. The van der Waals surface area contributed by atoms with Crippen LogP contribution in [0.3, 0.4) is 0 Å². The fraction of sp³-hybridized carbons (Fsp3) is 0.500. The third-order valence-electron chi connectivity index (χ3n) is 4.45. The summed E-state index contributed by atoms with van der Waals surface area (Å²) in [5.41, 5.74) is 0.0925. The second-order valence-corrected chi connectivity index (χ2v) is 7.42. The Hall–Kier alpha value is -1.45. The first-order valence-corrected chi connectivity index (χ1v) is 8.78. The lowest BCUT2D eigenvalue weighted by molar-refractivity contribution is -0.905. The van der Waals surface area contributed by atoms with Crippen molar-refractivity contribution in [1.29, 1.82) is 0 Å². The molecule has 152 valence electrons. The number of quaternary nitrogens is 1. The summed E-state index contributed by atoms with van der Waals surface area (Å²) >= 11 is 12.2. The Bertz CT molecular complexity index is 709. The Morgan fingerprint density at radius 3 is 2.44 bits per heavy atom. The zero-order valence-corrected chi connectivity index (χ0v) is 17.6. The Balaban J connectivity index is 0.00000364. The summed E-state index contributed by atoms with van der Waals surface area (Å²) in [6.45, 7) is 3.82. The van der Waals surface area contributed by atoms with E-state index < -0.39 is 6.09 Å². The number of rotatable bonds is 4. The highest BCUT2D eigenvalue weighted by atomic mass is 35.5. The average molecular weight is 442 g/mol. The summed E-state index contributed by atoms with van der Waals surface area (Å²) in [7, 11) is 5.26. The molecule has 2 rings (SSSR count). The van der Waals surface area contributed by atoms with Crippen LogP contribution < -0.4 is 23.0 Å². The van der Waals surface area contributed by atoms with Gasteiger partial charge in [-0.1, -0.05) is 23.2 Å². The molecule has 1 aromatic rings. The van der Waals surface area contributed by atoms with Gasteiger partial charge in [-0.05, 0) is 13.1 Å². The van der Waals surface area contributed by atoms with E-state index in [9.17, 15) is 14.7 Å². The van der Waals surface area contributed by atoms with E-state index in [1.54, 1.807) is 0 Å². The first-order valence-electron chi connectivity index (χ1n) is 8.03. The van der Waals surface area contributed by atoms with E-state index in [1.807, 2.05) is 7.05 Å². The van der Waals surface area contributed by atoms with Crippen LogP contribution in [0.1, 0.15) is 0 Å². The number of halogens is 3. The van der Waals surface area contributed by atoms with Crippen LogP contribution in [0, 0.1) is 0 Å². The predicted octanol–water partition coefficient (Wildman–Crippen LogP) is -0.788. The van der Waals surface area contributed by atoms with Crippen molar-refractivity contribution in [3.05, 3.63) is 16.1 Å². The number of hydrogen-bond donors (Lipinski definition) is 3. The molecule has 0 radical (unpaired) electrons. The molecule has 1 aliphatic rings.